The summed E-state index contributed by atoms with van der Waals surface area (Å²) in [6, 6.07) is -1.34. The Morgan fingerprint density at radius 2 is 1.95 bits per heavy atom. The molecular weight excluding hydrogens is 272 g/mol. The molecule has 0 saturated carbocycles. The molecule has 2 fully saturated rings. The van der Waals surface area contributed by atoms with Crippen molar-refractivity contribution in [1.82, 2.24) is 4.90 Å². The highest BCUT2D eigenvalue weighted by Gasteiger charge is 2.51. The molecule has 2 bridgehead atoms. The summed E-state index contributed by atoms with van der Waals surface area (Å²) >= 11 is 0. The predicted octanol–water partition coefficient (Wildman–Crippen LogP) is 1.78. The van der Waals surface area contributed by atoms with Gasteiger partial charge in [-0.05, 0) is 20.8 Å². The Balaban J connectivity index is 2.22. The van der Waals surface area contributed by atoms with Gasteiger partial charge in [-0.1, -0.05) is 0 Å². The number of aliphatic hydroxyl groups excluding tert-OH is 1. The summed E-state index contributed by atoms with van der Waals surface area (Å²) < 4.78 is 38.1. The highest BCUT2D eigenvalue weighted by Crippen LogP contribution is 2.37. The number of morpholine rings is 1. The first kappa shape index (κ1) is 15.4. The van der Waals surface area contributed by atoms with Crippen molar-refractivity contribution >= 4 is 6.09 Å². The molecule has 1 N–H and O–H groups in total. The number of hydrogen-bond acceptors (Lipinski definition) is 4. The standard InChI is InChI=1S/C13H21F2NO4/c1-12(2,3)20-11(18)16-8-4-10(17)13(14,15)5-9(16)7-19-6-8/h8-10,17H,4-7H2,1-3H3. The van der Waals surface area contributed by atoms with Gasteiger partial charge < -0.3 is 14.6 Å². The molecule has 2 aliphatic rings. The van der Waals surface area contributed by atoms with Crippen LogP contribution in [0.3, 0.4) is 0 Å². The van der Waals surface area contributed by atoms with Crippen LogP contribution in [0.1, 0.15) is 33.6 Å². The number of alkyl halides is 2. The fourth-order valence-corrected chi connectivity index (χ4v) is 2.63. The number of hydrogen-bond donors (Lipinski definition) is 1. The van der Waals surface area contributed by atoms with E-state index in [4.69, 9.17) is 9.47 Å². The van der Waals surface area contributed by atoms with Crippen LogP contribution in [0.5, 0.6) is 0 Å². The van der Waals surface area contributed by atoms with Crippen LogP contribution in [-0.2, 0) is 9.47 Å². The van der Waals surface area contributed by atoms with E-state index in [2.05, 4.69) is 0 Å². The summed E-state index contributed by atoms with van der Waals surface area (Å²) in [6.07, 6.45) is -3.20. The van der Waals surface area contributed by atoms with Gasteiger partial charge >= 0.3 is 6.09 Å². The zero-order chi connectivity index (χ0) is 15.1. The molecule has 2 heterocycles. The van der Waals surface area contributed by atoms with Gasteiger partial charge in [-0.2, -0.15) is 0 Å². The van der Waals surface area contributed by atoms with Crippen LogP contribution in [0.25, 0.3) is 0 Å². The second-order valence-corrected chi connectivity index (χ2v) is 6.45. The van der Waals surface area contributed by atoms with Crippen molar-refractivity contribution in [2.45, 2.75) is 63.3 Å². The van der Waals surface area contributed by atoms with Crippen LogP contribution in [0, 0.1) is 0 Å². The van der Waals surface area contributed by atoms with Gasteiger partial charge in [0.25, 0.3) is 5.92 Å². The molecule has 0 spiro atoms. The topological polar surface area (TPSA) is 59.0 Å². The van der Waals surface area contributed by atoms with Crippen molar-refractivity contribution in [3.05, 3.63) is 0 Å². The maximum atomic E-state index is 13.8. The Hall–Kier alpha value is -0.950. The van der Waals surface area contributed by atoms with Crippen LogP contribution in [0.4, 0.5) is 13.6 Å². The van der Waals surface area contributed by atoms with Crippen molar-refractivity contribution in [2.24, 2.45) is 0 Å². The lowest BCUT2D eigenvalue weighted by atomic mass is 10.0. The van der Waals surface area contributed by atoms with Gasteiger partial charge in [0.1, 0.15) is 11.7 Å². The Morgan fingerprint density at radius 1 is 1.35 bits per heavy atom. The van der Waals surface area contributed by atoms with E-state index in [1.165, 1.54) is 4.90 Å². The smallest absolute Gasteiger partial charge is 0.410 e. The summed E-state index contributed by atoms with van der Waals surface area (Å²) in [5.74, 6) is -3.21. The number of fused-ring (bicyclic) bond motifs is 2. The summed E-state index contributed by atoms with van der Waals surface area (Å²) in [5.41, 5.74) is -0.695. The molecule has 3 atom stereocenters. The van der Waals surface area contributed by atoms with Gasteiger partial charge in [-0.25, -0.2) is 13.6 Å². The van der Waals surface area contributed by atoms with Crippen molar-refractivity contribution in [1.29, 1.82) is 0 Å². The lowest BCUT2D eigenvalue weighted by Gasteiger charge is -2.40. The van der Waals surface area contributed by atoms with E-state index in [9.17, 15) is 18.7 Å². The molecule has 5 nitrogen and oxygen atoms in total. The Kier molecular flexibility index (Phi) is 3.94. The van der Waals surface area contributed by atoms with Crippen molar-refractivity contribution in [3.63, 3.8) is 0 Å². The summed E-state index contributed by atoms with van der Waals surface area (Å²) in [5, 5.41) is 9.61. The Morgan fingerprint density at radius 3 is 2.55 bits per heavy atom. The van der Waals surface area contributed by atoms with Gasteiger partial charge in [0.2, 0.25) is 0 Å². The second kappa shape index (κ2) is 5.11. The second-order valence-electron chi connectivity index (χ2n) is 6.45. The number of carbonyl (C=O) groups is 1. The highest BCUT2D eigenvalue weighted by molar-refractivity contribution is 5.69. The van der Waals surface area contributed by atoms with Gasteiger partial charge in [0.05, 0.1) is 25.3 Å². The maximum absolute atomic E-state index is 13.8. The van der Waals surface area contributed by atoms with E-state index >= 15 is 0 Å². The lowest BCUT2D eigenvalue weighted by molar-refractivity contribution is -0.115. The van der Waals surface area contributed by atoms with Crippen molar-refractivity contribution in [2.75, 3.05) is 13.2 Å². The summed E-state index contributed by atoms with van der Waals surface area (Å²) in [6.45, 7) is 5.34. The minimum atomic E-state index is -3.21. The fraction of sp³-hybridized carbons (Fsp3) is 0.923. The lowest BCUT2D eigenvalue weighted by Crippen LogP contribution is -2.55. The molecule has 2 rings (SSSR count). The third-order valence-corrected chi connectivity index (χ3v) is 3.50. The molecule has 116 valence electrons. The highest BCUT2D eigenvalue weighted by atomic mass is 19.3. The normalized spacial score (nSPS) is 33.5. The number of halogens is 2. The molecule has 0 aromatic heterocycles. The van der Waals surface area contributed by atoms with Gasteiger partial charge in [0.15, 0.2) is 0 Å². The van der Waals surface area contributed by atoms with Crippen molar-refractivity contribution in [3.8, 4) is 0 Å². The van der Waals surface area contributed by atoms with E-state index in [1.54, 1.807) is 20.8 Å². The average Bonchev–Trinajstić information content (AvgIpc) is 2.29. The van der Waals surface area contributed by atoms with Crippen LogP contribution < -0.4 is 0 Å². The number of ether oxygens (including phenoxy) is 2. The molecule has 20 heavy (non-hydrogen) atoms. The van der Waals surface area contributed by atoms with E-state index in [-0.39, 0.29) is 19.6 Å². The zero-order valence-corrected chi connectivity index (χ0v) is 11.9. The first-order valence-corrected chi connectivity index (χ1v) is 6.75. The van der Waals surface area contributed by atoms with Crippen LogP contribution in [0.2, 0.25) is 0 Å². The number of rotatable bonds is 0. The molecule has 2 saturated heterocycles. The molecular formula is C13H21F2NO4. The van der Waals surface area contributed by atoms with Gasteiger partial charge in [-0.3, -0.25) is 4.90 Å². The molecule has 0 aromatic carbocycles. The molecule has 7 heteroatoms. The maximum Gasteiger partial charge on any atom is 0.410 e. The molecule has 2 aliphatic heterocycles. The zero-order valence-electron chi connectivity index (χ0n) is 11.9. The molecule has 1 amide bonds. The first-order valence-electron chi connectivity index (χ1n) is 6.75. The fourth-order valence-electron chi connectivity index (χ4n) is 2.63. The van der Waals surface area contributed by atoms with E-state index in [1.807, 2.05) is 0 Å². The molecule has 0 aliphatic carbocycles. The predicted molar refractivity (Wildman–Crippen MR) is 66.7 cm³/mol. The Bertz CT molecular complexity index is 383. The van der Waals surface area contributed by atoms with Crippen LogP contribution in [0.15, 0.2) is 0 Å². The van der Waals surface area contributed by atoms with E-state index in [0.29, 0.717) is 0 Å². The Labute approximate surface area is 116 Å². The minimum Gasteiger partial charge on any atom is -0.444 e. The number of amides is 1. The van der Waals surface area contributed by atoms with Crippen LogP contribution >= 0.6 is 0 Å². The number of aliphatic hydroxyl groups is 1. The number of nitrogens with zero attached hydrogens (tertiary/aromatic N) is 1. The largest absolute Gasteiger partial charge is 0.444 e. The summed E-state index contributed by atoms with van der Waals surface area (Å²) in [4.78, 5) is 13.5. The third-order valence-electron chi connectivity index (χ3n) is 3.50. The SMILES string of the molecule is CC(C)(C)OC(=O)N1C2COCC1CC(F)(F)C(O)C2. The van der Waals surface area contributed by atoms with E-state index in [0.717, 1.165) is 0 Å². The first-order chi connectivity index (χ1) is 9.10. The molecule has 0 radical (unpaired) electrons. The van der Waals surface area contributed by atoms with E-state index < -0.39 is 42.2 Å². The number of carbonyl (C=O) groups excluding carboxylic acids is 1. The van der Waals surface area contributed by atoms with Gasteiger partial charge in [-0.15, -0.1) is 0 Å². The molecule has 3 unspecified atom stereocenters. The summed E-state index contributed by atoms with van der Waals surface area (Å²) in [7, 11) is 0. The van der Waals surface area contributed by atoms with Crippen LogP contribution in [-0.4, -0.2) is 59.0 Å². The monoisotopic (exact) mass is 293 g/mol. The quantitative estimate of drug-likeness (QED) is 0.739. The third kappa shape index (κ3) is 3.20. The van der Waals surface area contributed by atoms with Crippen molar-refractivity contribution < 1.29 is 28.2 Å². The molecule has 0 aromatic rings. The van der Waals surface area contributed by atoms with Gasteiger partial charge in [0, 0.05) is 12.8 Å². The average molecular weight is 293 g/mol. The minimum absolute atomic E-state index is 0.0397.